The molecule has 13 atom stereocenters. The van der Waals surface area contributed by atoms with Gasteiger partial charge in [0.2, 0.25) is 5.91 Å². The summed E-state index contributed by atoms with van der Waals surface area (Å²) in [7, 11) is 4.25. The van der Waals surface area contributed by atoms with Gasteiger partial charge in [-0.1, -0.05) is 85.7 Å². The van der Waals surface area contributed by atoms with E-state index < -0.39 is 22.7 Å². The summed E-state index contributed by atoms with van der Waals surface area (Å²) in [6, 6.07) is 13.8. The van der Waals surface area contributed by atoms with E-state index in [1.54, 1.807) is 0 Å². The summed E-state index contributed by atoms with van der Waals surface area (Å²) in [5, 5.41) is 11.4. The largest absolute Gasteiger partial charge is 0.481 e. The fourth-order valence-corrected chi connectivity index (χ4v) is 19.9. The number of nitrogens with zero attached hydrogens (tertiary/aromatic N) is 5. The van der Waals surface area contributed by atoms with E-state index in [1.165, 1.54) is 32.1 Å². The maximum atomic E-state index is 16.2. The van der Waals surface area contributed by atoms with E-state index >= 15 is 4.79 Å². The molecule has 1 N–H and O–H groups in total. The Labute approximate surface area is 431 Å². The summed E-state index contributed by atoms with van der Waals surface area (Å²) < 4.78 is 8.25. The van der Waals surface area contributed by atoms with E-state index in [-0.39, 0.29) is 51.6 Å². The number of carboxylic acid groups (broad SMARTS) is 1. The summed E-state index contributed by atoms with van der Waals surface area (Å²) in [5.74, 6) is 2.32. The molecular formula is C62H87N5O5. The minimum atomic E-state index is -1.00. The van der Waals surface area contributed by atoms with Gasteiger partial charge >= 0.3 is 11.9 Å². The molecule has 7 saturated carbocycles. The molecule has 390 valence electrons. The highest BCUT2D eigenvalue weighted by Gasteiger charge is 2.77. The van der Waals surface area contributed by atoms with Crippen LogP contribution in [0.15, 0.2) is 61.1 Å². The molecule has 0 spiro atoms. The quantitative estimate of drug-likeness (QED) is 0.178. The van der Waals surface area contributed by atoms with Gasteiger partial charge in [-0.15, -0.1) is 0 Å². The molecule has 0 radical (unpaired) electrons. The molecule has 1 aromatic carbocycles. The fraction of sp³-hybridized carbons (Fsp3) is 0.726. The van der Waals surface area contributed by atoms with Crippen molar-refractivity contribution in [1.29, 1.82) is 0 Å². The topological polar surface area (TPSA) is 118 Å². The highest BCUT2D eigenvalue weighted by atomic mass is 16.5. The molecule has 3 aromatic rings. The number of likely N-dealkylation sites (N-methyl/N-ethyl adjacent to an activating group) is 1. The van der Waals surface area contributed by atoms with Gasteiger partial charge in [0.05, 0.1) is 28.5 Å². The molecule has 2 aromatic heterocycles. The van der Waals surface area contributed by atoms with Crippen LogP contribution in [0.25, 0.3) is 11.3 Å². The normalized spacial score (nSPS) is 40.0. The van der Waals surface area contributed by atoms with E-state index in [0.717, 1.165) is 100 Å². The first-order chi connectivity index (χ1) is 34.1. The van der Waals surface area contributed by atoms with Crippen molar-refractivity contribution in [3.8, 4) is 11.3 Å². The van der Waals surface area contributed by atoms with Gasteiger partial charge in [-0.25, -0.2) is 4.98 Å². The molecule has 1 aliphatic heterocycles. The van der Waals surface area contributed by atoms with Gasteiger partial charge in [-0.2, -0.15) is 0 Å². The summed E-state index contributed by atoms with van der Waals surface area (Å²) >= 11 is 0. The maximum absolute atomic E-state index is 16.2. The monoisotopic (exact) mass is 982 g/mol. The lowest BCUT2D eigenvalue weighted by Crippen LogP contribution is -2.71. The number of esters is 1. The third-order valence-electron chi connectivity index (χ3n) is 24.2. The van der Waals surface area contributed by atoms with E-state index in [1.807, 2.05) is 62.6 Å². The van der Waals surface area contributed by atoms with Crippen LogP contribution in [0, 0.1) is 84.7 Å². The summed E-state index contributed by atoms with van der Waals surface area (Å²) in [5.41, 5.74) is 1.17. The minimum absolute atomic E-state index is 0.0314. The zero-order valence-electron chi connectivity index (χ0n) is 45.6. The summed E-state index contributed by atoms with van der Waals surface area (Å²) in [6.45, 7) is 22.2. The number of rotatable bonds is 12. The number of aliphatic carboxylic acids is 1. The van der Waals surface area contributed by atoms with E-state index in [9.17, 15) is 14.7 Å². The van der Waals surface area contributed by atoms with E-state index in [2.05, 4.69) is 87.3 Å². The van der Waals surface area contributed by atoms with Crippen LogP contribution in [0.1, 0.15) is 169 Å². The first-order valence-electron chi connectivity index (χ1n) is 28.5. The van der Waals surface area contributed by atoms with Crippen molar-refractivity contribution in [1.82, 2.24) is 24.3 Å². The Morgan fingerprint density at radius 2 is 1.53 bits per heavy atom. The number of ether oxygens (including phenoxy) is 1. The lowest BCUT2D eigenvalue weighted by Gasteiger charge is -2.75. The Kier molecular flexibility index (Phi) is 12.0. The third kappa shape index (κ3) is 7.10. The number of pyridine rings is 1. The second-order valence-corrected chi connectivity index (χ2v) is 27.8. The van der Waals surface area contributed by atoms with Gasteiger partial charge in [0, 0.05) is 43.8 Å². The minimum Gasteiger partial charge on any atom is -0.481 e. The number of likely N-dealkylation sites (tertiary alicyclic amines) is 1. The van der Waals surface area contributed by atoms with Crippen LogP contribution in [0.4, 0.5) is 0 Å². The Balaban J connectivity index is 0.870. The number of carbonyl (C=O) groups excluding carboxylic acids is 2. The molecule has 8 aliphatic rings. The first kappa shape index (κ1) is 50.1. The van der Waals surface area contributed by atoms with Crippen molar-refractivity contribution in [2.24, 2.45) is 84.7 Å². The van der Waals surface area contributed by atoms with Crippen LogP contribution in [-0.2, 0) is 32.3 Å². The highest BCUT2D eigenvalue weighted by Crippen LogP contribution is 2.81. The number of fused-ring (bicyclic) bond motifs is 7. The van der Waals surface area contributed by atoms with Crippen molar-refractivity contribution < 1.29 is 24.2 Å². The first-order valence-corrected chi connectivity index (χ1v) is 28.5. The van der Waals surface area contributed by atoms with Gasteiger partial charge in [-0.05, 0) is 196 Å². The number of amides is 1. The van der Waals surface area contributed by atoms with Crippen molar-refractivity contribution in [2.45, 2.75) is 171 Å². The molecule has 1 unspecified atom stereocenters. The Morgan fingerprint density at radius 1 is 0.778 bits per heavy atom. The number of imidazole rings is 1. The summed E-state index contributed by atoms with van der Waals surface area (Å²) in [4.78, 5) is 58.3. The zero-order chi connectivity index (χ0) is 51.0. The highest BCUT2D eigenvalue weighted by molar-refractivity contribution is 5.85. The second kappa shape index (κ2) is 17.2. The number of hydrogen-bond donors (Lipinski definition) is 1. The SMILES string of the molecule is CN(C)CCn1cc(-c2cccnc2)nc1[C@@H]1CCCN1C(=O)[C@]12CCC(C3(C)CC3)[C@@H]1[C@H]1CC[C@@H]3[C@]4(C)CC[C@H]([C@@]5(C(=O)O)C[C@@H](C(=O)OCc6ccccc6)C5(C)C)C(C)(C)[C@H]4CC[C@@]3(C)[C@]1(C)CC2. The molecule has 10 nitrogen and oxygen atoms in total. The molecule has 1 amide bonds. The molecule has 72 heavy (non-hydrogen) atoms. The molecule has 0 bridgehead atoms. The lowest BCUT2D eigenvalue weighted by molar-refractivity contribution is -0.270. The predicted octanol–water partition coefficient (Wildman–Crippen LogP) is 12.5. The maximum Gasteiger partial charge on any atom is 0.310 e. The van der Waals surface area contributed by atoms with Gasteiger partial charge in [0.15, 0.2) is 0 Å². The number of benzene rings is 1. The third-order valence-corrected chi connectivity index (χ3v) is 24.2. The van der Waals surface area contributed by atoms with Crippen LogP contribution >= 0.6 is 0 Å². The Hall–Kier alpha value is -4.05. The van der Waals surface area contributed by atoms with Crippen LogP contribution in [0.3, 0.4) is 0 Å². The van der Waals surface area contributed by atoms with Crippen LogP contribution in [0.2, 0.25) is 0 Å². The number of aromatic nitrogens is 3. The number of carboxylic acids is 1. The van der Waals surface area contributed by atoms with Crippen LogP contribution < -0.4 is 0 Å². The van der Waals surface area contributed by atoms with Gasteiger partial charge in [0.1, 0.15) is 12.4 Å². The molecule has 10 heteroatoms. The molecule has 1 saturated heterocycles. The zero-order valence-corrected chi connectivity index (χ0v) is 45.6. The van der Waals surface area contributed by atoms with E-state index in [0.29, 0.717) is 47.3 Å². The molecule has 7 aliphatic carbocycles. The summed E-state index contributed by atoms with van der Waals surface area (Å²) in [6.07, 6.45) is 21.6. The van der Waals surface area contributed by atoms with Gasteiger partial charge in [0.25, 0.3) is 0 Å². The van der Waals surface area contributed by atoms with Crippen molar-refractivity contribution in [3.05, 3.63) is 72.4 Å². The van der Waals surface area contributed by atoms with Crippen LogP contribution in [-0.4, -0.2) is 74.5 Å². The number of hydrogen-bond acceptors (Lipinski definition) is 7. The molecular weight excluding hydrogens is 895 g/mol. The predicted molar refractivity (Wildman–Crippen MR) is 281 cm³/mol. The second-order valence-electron chi connectivity index (χ2n) is 27.8. The van der Waals surface area contributed by atoms with Crippen molar-refractivity contribution >= 4 is 17.8 Å². The van der Waals surface area contributed by atoms with Crippen LogP contribution in [0.5, 0.6) is 0 Å². The average molecular weight is 982 g/mol. The van der Waals surface area contributed by atoms with Gasteiger partial charge < -0.3 is 24.2 Å². The smallest absolute Gasteiger partial charge is 0.310 e. The molecule has 3 heterocycles. The Morgan fingerprint density at radius 3 is 2.21 bits per heavy atom. The van der Waals surface area contributed by atoms with Gasteiger partial charge in [-0.3, -0.25) is 19.4 Å². The lowest BCUT2D eigenvalue weighted by atomic mass is 9.29. The standard InChI is InChI=1S/C62H87N5O5/c1-55(2)47-24-26-60(8)49(58(47,6)25-23-48(55)62(54(70)71)36-44(56(62,3)4)52(68)72-39-40-16-12-11-13-17-40)21-20-43-50-42(57(5)28-29-57)22-27-61(50,31-30-59(43,60)7)53(69)67-33-15-19-46(67)51-64-45(41-18-14-32-63-37-41)38-66(51)35-34-65(9)10/h11-14,16-18,32,37-38,42-44,46-50H,15,19-31,33-36,39H2,1-10H3,(H,70,71)/t42?,43-,44+,46+,47-,48+,49-,50-,58-,59-,60-,61+,62-/m1/s1. The fourth-order valence-electron chi connectivity index (χ4n) is 19.9. The van der Waals surface area contributed by atoms with Crippen molar-refractivity contribution in [2.75, 3.05) is 27.2 Å². The van der Waals surface area contributed by atoms with E-state index in [4.69, 9.17) is 9.72 Å². The molecule has 8 fully saturated rings. The Bertz CT molecular complexity index is 2570. The van der Waals surface area contributed by atoms with Crippen molar-refractivity contribution in [3.63, 3.8) is 0 Å². The number of carbonyl (C=O) groups is 3. The molecule has 11 rings (SSSR count). The average Bonchev–Trinajstić information content (AvgIpc) is 3.67.